The van der Waals surface area contributed by atoms with E-state index < -0.39 is 4.92 Å². The number of hydrogen-bond acceptors (Lipinski definition) is 6. The van der Waals surface area contributed by atoms with Gasteiger partial charge in [0.05, 0.1) is 12.6 Å². The standard InChI is InChI=1S/C21H15FN4O3S/c22-17-8-6-16(7-9-17)20-23-24-21(25(20)14-15-4-2-1-3-5-15)30-13-12-18-10-11-19(29-18)26(27)28/h1-13H,14H2/b13-12+. The Labute approximate surface area is 175 Å². The van der Waals surface area contributed by atoms with Crippen LogP contribution in [0.15, 0.2) is 81.7 Å². The summed E-state index contributed by atoms with van der Waals surface area (Å²) >= 11 is 1.30. The van der Waals surface area contributed by atoms with Crippen molar-refractivity contribution in [3.8, 4) is 11.4 Å². The summed E-state index contributed by atoms with van der Waals surface area (Å²) < 4.78 is 20.4. The fraction of sp³-hybridized carbons (Fsp3) is 0.0476. The lowest BCUT2D eigenvalue weighted by Crippen LogP contribution is -2.03. The second-order valence-electron chi connectivity index (χ2n) is 6.24. The van der Waals surface area contributed by atoms with E-state index in [1.165, 1.54) is 36.0 Å². The highest BCUT2D eigenvalue weighted by atomic mass is 32.2. The van der Waals surface area contributed by atoms with Crippen LogP contribution in [0, 0.1) is 15.9 Å². The van der Waals surface area contributed by atoms with Gasteiger partial charge in [0.25, 0.3) is 0 Å². The van der Waals surface area contributed by atoms with Gasteiger partial charge in [-0.2, -0.15) is 0 Å². The van der Waals surface area contributed by atoms with E-state index in [1.807, 2.05) is 34.9 Å². The SMILES string of the molecule is O=[N+]([O-])c1ccc(/C=C/Sc2nnc(-c3ccc(F)cc3)n2Cc2ccccc2)o1. The van der Waals surface area contributed by atoms with Crippen molar-refractivity contribution in [2.24, 2.45) is 0 Å². The Hall–Kier alpha value is -3.72. The topological polar surface area (TPSA) is 87.0 Å². The highest BCUT2D eigenvalue weighted by Gasteiger charge is 2.15. The molecule has 0 N–H and O–H groups in total. The smallest absolute Gasteiger partial charge is 0.401 e. The molecule has 2 heterocycles. The molecule has 0 fully saturated rings. The molecule has 4 aromatic rings. The molecule has 0 bridgehead atoms. The van der Waals surface area contributed by atoms with Gasteiger partial charge >= 0.3 is 5.88 Å². The number of rotatable bonds is 7. The highest BCUT2D eigenvalue weighted by molar-refractivity contribution is 8.02. The van der Waals surface area contributed by atoms with Gasteiger partial charge in [0.1, 0.15) is 16.5 Å². The van der Waals surface area contributed by atoms with Crippen LogP contribution in [0.3, 0.4) is 0 Å². The number of nitro groups is 1. The van der Waals surface area contributed by atoms with E-state index in [9.17, 15) is 14.5 Å². The molecule has 0 aliphatic carbocycles. The maximum atomic E-state index is 13.3. The Morgan fingerprint density at radius 2 is 1.83 bits per heavy atom. The van der Waals surface area contributed by atoms with Gasteiger partial charge in [-0.1, -0.05) is 42.1 Å². The van der Waals surface area contributed by atoms with E-state index in [2.05, 4.69) is 10.2 Å². The minimum absolute atomic E-state index is 0.314. The monoisotopic (exact) mass is 422 g/mol. The average molecular weight is 422 g/mol. The maximum absolute atomic E-state index is 13.3. The van der Waals surface area contributed by atoms with Crippen LogP contribution in [-0.4, -0.2) is 19.7 Å². The summed E-state index contributed by atoms with van der Waals surface area (Å²) in [7, 11) is 0. The maximum Gasteiger partial charge on any atom is 0.433 e. The molecular formula is C21H15FN4O3S. The van der Waals surface area contributed by atoms with Gasteiger partial charge in [0.15, 0.2) is 11.0 Å². The zero-order valence-corrected chi connectivity index (χ0v) is 16.3. The summed E-state index contributed by atoms with van der Waals surface area (Å²) in [6, 6.07) is 18.8. The molecule has 0 saturated heterocycles. The van der Waals surface area contributed by atoms with Crippen molar-refractivity contribution in [3.05, 3.63) is 99.4 Å². The van der Waals surface area contributed by atoms with Gasteiger partial charge < -0.3 is 4.42 Å². The lowest BCUT2D eigenvalue weighted by molar-refractivity contribution is -0.402. The van der Waals surface area contributed by atoms with Gasteiger partial charge in [0, 0.05) is 5.56 Å². The molecule has 4 rings (SSSR count). The van der Waals surface area contributed by atoms with E-state index in [-0.39, 0.29) is 11.7 Å². The predicted molar refractivity (Wildman–Crippen MR) is 111 cm³/mol. The fourth-order valence-electron chi connectivity index (χ4n) is 2.79. The van der Waals surface area contributed by atoms with Crippen LogP contribution < -0.4 is 0 Å². The second kappa shape index (κ2) is 8.75. The van der Waals surface area contributed by atoms with Crippen LogP contribution in [-0.2, 0) is 6.54 Å². The molecule has 0 aliphatic heterocycles. The quantitative estimate of drug-likeness (QED) is 0.225. The van der Waals surface area contributed by atoms with Crippen LogP contribution in [0.4, 0.5) is 10.3 Å². The molecule has 30 heavy (non-hydrogen) atoms. The Morgan fingerprint density at radius 3 is 2.53 bits per heavy atom. The zero-order valence-electron chi connectivity index (χ0n) is 15.5. The van der Waals surface area contributed by atoms with Crippen LogP contribution >= 0.6 is 11.8 Å². The molecule has 0 amide bonds. The van der Waals surface area contributed by atoms with Crippen molar-refractivity contribution in [1.82, 2.24) is 14.8 Å². The number of furan rings is 1. The van der Waals surface area contributed by atoms with Gasteiger partial charge in [0.2, 0.25) is 0 Å². The first-order valence-corrected chi connectivity index (χ1v) is 9.78. The zero-order chi connectivity index (χ0) is 20.9. The number of thioether (sulfide) groups is 1. The molecular weight excluding hydrogens is 407 g/mol. The minimum atomic E-state index is -0.587. The van der Waals surface area contributed by atoms with E-state index in [0.29, 0.717) is 23.3 Å². The Kier molecular flexibility index (Phi) is 5.71. The predicted octanol–water partition coefficient (Wildman–Crippen LogP) is 5.40. The van der Waals surface area contributed by atoms with E-state index >= 15 is 0 Å². The van der Waals surface area contributed by atoms with Crippen molar-refractivity contribution in [1.29, 1.82) is 0 Å². The van der Waals surface area contributed by atoms with E-state index in [4.69, 9.17) is 4.42 Å². The number of nitrogens with zero attached hydrogens (tertiary/aromatic N) is 4. The molecule has 0 aliphatic rings. The number of benzene rings is 2. The summed E-state index contributed by atoms with van der Waals surface area (Å²) in [5.41, 5.74) is 1.81. The molecule has 2 aromatic carbocycles. The lowest BCUT2D eigenvalue weighted by atomic mass is 10.2. The van der Waals surface area contributed by atoms with Crippen molar-refractivity contribution in [3.63, 3.8) is 0 Å². The molecule has 9 heteroatoms. The first-order chi connectivity index (χ1) is 14.6. The third-order valence-electron chi connectivity index (χ3n) is 4.20. The largest absolute Gasteiger partial charge is 0.433 e. The molecule has 0 saturated carbocycles. The van der Waals surface area contributed by atoms with Crippen LogP contribution in [0.5, 0.6) is 0 Å². The van der Waals surface area contributed by atoms with Gasteiger partial charge in [-0.3, -0.25) is 14.7 Å². The summed E-state index contributed by atoms with van der Waals surface area (Å²) in [6.45, 7) is 0.531. The van der Waals surface area contributed by atoms with Crippen LogP contribution in [0.1, 0.15) is 11.3 Å². The first kappa shape index (κ1) is 19.6. The normalized spacial score (nSPS) is 11.2. The molecule has 150 valence electrons. The fourth-order valence-corrected chi connectivity index (χ4v) is 3.48. The lowest BCUT2D eigenvalue weighted by Gasteiger charge is -2.09. The van der Waals surface area contributed by atoms with E-state index in [0.717, 1.165) is 11.1 Å². The third-order valence-corrected chi connectivity index (χ3v) is 4.99. The number of hydrogen-bond donors (Lipinski definition) is 0. The number of halogens is 1. The summed E-state index contributed by atoms with van der Waals surface area (Å²) in [5.74, 6) is 0.342. The first-order valence-electron chi connectivity index (χ1n) is 8.90. The Balaban J connectivity index is 1.62. The third kappa shape index (κ3) is 4.47. The minimum Gasteiger partial charge on any atom is -0.401 e. The molecule has 0 spiro atoms. The van der Waals surface area contributed by atoms with Crippen molar-refractivity contribution < 1.29 is 13.7 Å². The average Bonchev–Trinajstić information content (AvgIpc) is 3.38. The van der Waals surface area contributed by atoms with Gasteiger partial charge in [-0.25, -0.2) is 4.39 Å². The molecule has 2 aromatic heterocycles. The second-order valence-corrected chi connectivity index (χ2v) is 7.11. The van der Waals surface area contributed by atoms with Crippen molar-refractivity contribution in [2.75, 3.05) is 0 Å². The molecule has 7 nitrogen and oxygen atoms in total. The van der Waals surface area contributed by atoms with Crippen molar-refractivity contribution >= 4 is 23.7 Å². The van der Waals surface area contributed by atoms with Crippen molar-refractivity contribution in [2.45, 2.75) is 11.7 Å². The van der Waals surface area contributed by atoms with Crippen LogP contribution in [0.2, 0.25) is 0 Å². The molecule has 0 radical (unpaired) electrons. The Bertz CT molecular complexity index is 1190. The summed E-state index contributed by atoms with van der Waals surface area (Å²) in [6.07, 6.45) is 1.62. The summed E-state index contributed by atoms with van der Waals surface area (Å²) in [4.78, 5) is 10.1. The van der Waals surface area contributed by atoms with Gasteiger partial charge in [-0.05, 0) is 47.4 Å². The van der Waals surface area contributed by atoms with Gasteiger partial charge in [-0.15, -0.1) is 10.2 Å². The Morgan fingerprint density at radius 1 is 1.07 bits per heavy atom. The molecule has 0 unspecified atom stereocenters. The molecule has 0 atom stereocenters. The van der Waals surface area contributed by atoms with E-state index in [1.54, 1.807) is 23.6 Å². The van der Waals surface area contributed by atoms with Crippen LogP contribution in [0.25, 0.3) is 17.5 Å². The number of aromatic nitrogens is 3. The summed E-state index contributed by atoms with van der Waals surface area (Å²) in [5, 5.41) is 21.6. The highest BCUT2D eigenvalue weighted by Crippen LogP contribution is 2.27.